The zero-order chi connectivity index (χ0) is 18.6. The van der Waals surface area contributed by atoms with Gasteiger partial charge < -0.3 is 15.4 Å². The number of nitrogens with zero attached hydrogens (tertiary/aromatic N) is 3. The molecule has 140 valence electrons. The number of rotatable bonds is 6. The predicted molar refractivity (Wildman–Crippen MR) is 110 cm³/mol. The van der Waals surface area contributed by atoms with Crippen molar-refractivity contribution in [1.82, 2.24) is 20.1 Å². The topological polar surface area (TPSA) is 64.0 Å². The first-order valence-corrected chi connectivity index (χ1v) is 9.81. The molecular formula is C20H22BrN5O. The van der Waals surface area contributed by atoms with Gasteiger partial charge in [0.15, 0.2) is 0 Å². The Bertz CT molecular complexity index is 926. The molecule has 1 unspecified atom stereocenters. The van der Waals surface area contributed by atoms with Crippen LogP contribution in [0.3, 0.4) is 0 Å². The lowest BCUT2D eigenvalue weighted by molar-refractivity contribution is 0.194. The Kier molecular flexibility index (Phi) is 5.40. The van der Waals surface area contributed by atoms with Crippen molar-refractivity contribution in [3.05, 3.63) is 59.0 Å². The number of halogens is 1. The first-order chi connectivity index (χ1) is 13.2. The zero-order valence-electron chi connectivity index (χ0n) is 15.2. The molecule has 2 N–H and O–H groups in total. The number of aromatic nitrogens is 3. The predicted octanol–water partition coefficient (Wildman–Crippen LogP) is 3.25. The second-order valence-corrected chi connectivity index (χ2v) is 7.60. The second-order valence-electron chi connectivity index (χ2n) is 6.68. The fourth-order valence-corrected chi connectivity index (χ4v) is 3.57. The van der Waals surface area contributed by atoms with Crippen molar-refractivity contribution in [3.8, 4) is 17.0 Å². The van der Waals surface area contributed by atoms with E-state index in [4.69, 9.17) is 4.74 Å². The molecule has 1 aliphatic rings. The Balaban J connectivity index is 1.29. The minimum absolute atomic E-state index is 0.0664. The fourth-order valence-electron chi connectivity index (χ4n) is 3.13. The number of hydrogen-bond acceptors (Lipinski definition) is 5. The van der Waals surface area contributed by atoms with Crippen LogP contribution in [0.25, 0.3) is 11.1 Å². The van der Waals surface area contributed by atoms with Gasteiger partial charge in [0.2, 0.25) is 5.88 Å². The van der Waals surface area contributed by atoms with Crippen molar-refractivity contribution >= 4 is 21.6 Å². The fraction of sp³-hybridized carbons (Fsp3) is 0.300. The maximum atomic E-state index is 6.03. The highest BCUT2D eigenvalue weighted by Crippen LogP contribution is 2.30. The van der Waals surface area contributed by atoms with Crippen LogP contribution in [0.5, 0.6) is 5.88 Å². The van der Waals surface area contributed by atoms with Crippen molar-refractivity contribution < 1.29 is 4.74 Å². The third-order valence-corrected chi connectivity index (χ3v) is 5.03. The molecular weight excluding hydrogens is 406 g/mol. The van der Waals surface area contributed by atoms with E-state index in [2.05, 4.69) is 60.9 Å². The number of aryl methyl sites for hydroxylation is 1. The highest BCUT2D eigenvalue weighted by molar-refractivity contribution is 9.10. The van der Waals surface area contributed by atoms with Gasteiger partial charge in [-0.3, -0.25) is 4.68 Å². The van der Waals surface area contributed by atoms with E-state index >= 15 is 0 Å². The van der Waals surface area contributed by atoms with E-state index in [0.717, 1.165) is 47.3 Å². The molecule has 0 aliphatic carbocycles. The summed E-state index contributed by atoms with van der Waals surface area (Å²) in [4.78, 5) is 4.49. The molecule has 2 aromatic heterocycles. The van der Waals surface area contributed by atoms with Crippen molar-refractivity contribution in [1.29, 1.82) is 0 Å². The van der Waals surface area contributed by atoms with Crippen molar-refractivity contribution in [2.24, 2.45) is 7.05 Å². The van der Waals surface area contributed by atoms with Crippen molar-refractivity contribution in [2.75, 3.05) is 25.0 Å². The van der Waals surface area contributed by atoms with E-state index in [-0.39, 0.29) is 6.10 Å². The minimum atomic E-state index is 0.0664. The molecule has 0 saturated heterocycles. The lowest BCUT2D eigenvalue weighted by Gasteiger charge is -2.27. The van der Waals surface area contributed by atoms with Crippen molar-refractivity contribution in [3.63, 3.8) is 0 Å². The van der Waals surface area contributed by atoms with Crippen LogP contribution in [0.15, 0.2) is 53.4 Å². The summed E-state index contributed by atoms with van der Waals surface area (Å²) >= 11 is 3.51. The van der Waals surface area contributed by atoms with E-state index in [1.54, 1.807) is 4.68 Å². The zero-order valence-corrected chi connectivity index (χ0v) is 16.7. The summed E-state index contributed by atoms with van der Waals surface area (Å²) in [6, 6.07) is 10.5. The number of anilines is 1. The third kappa shape index (κ3) is 4.48. The van der Waals surface area contributed by atoms with E-state index in [9.17, 15) is 0 Å². The highest BCUT2D eigenvalue weighted by atomic mass is 79.9. The largest absolute Gasteiger partial charge is 0.470 e. The molecule has 27 heavy (non-hydrogen) atoms. The molecule has 7 heteroatoms. The van der Waals surface area contributed by atoms with Crippen LogP contribution >= 0.6 is 15.9 Å². The number of ether oxygens (including phenoxy) is 1. The Morgan fingerprint density at radius 3 is 3.04 bits per heavy atom. The summed E-state index contributed by atoms with van der Waals surface area (Å²) in [6.07, 6.45) is 6.71. The summed E-state index contributed by atoms with van der Waals surface area (Å²) in [6.45, 7) is 2.46. The molecule has 1 aliphatic heterocycles. The minimum Gasteiger partial charge on any atom is -0.470 e. The maximum Gasteiger partial charge on any atom is 0.237 e. The van der Waals surface area contributed by atoms with Gasteiger partial charge in [-0.25, -0.2) is 4.98 Å². The van der Waals surface area contributed by atoms with Crippen LogP contribution in [-0.2, 0) is 13.5 Å². The number of fused-ring (bicyclic) bond motifs is 1. The Morgan fingerprint density at radius 2 is 2.22 bits per heavy atom. The second kappa shape index (κ2) is 8.10. The molecule has 0 spiro atoms. The van der Waals surface area contributed by atoms with E-state index < -0.39 is 0 Å². The molecule has 0 bridgehead atoms. The van der Waals surface area contributed by atoms with Gasteiger partial charge >= 0.3 is 0 Å². The summed E-state index contributed by atoms with van der Waals surface area (Å²) in [5.74, 6) is 0.660. The Labute approximate surface area is 167 Å². The molecule has 3 heterocycles. The van der Waals surface area contributed by atoms with Crippen LogP contribution in [0.4, 0.5) is 5.69 Å². The van der Waals surface area contributed by atoms with Gasteiger partial charge in [0.1, 0.15) is 6.10 Å². The number of pyridine rings is 1. The van der Waals surface area contributed by atoms with Gasteiger partial charge in [0.05, 0.1) is 18.4 Å². The summed E-state index contributed by atoms with van der Waals surface area (Å²) in [5.41, 5.74) is 4.32. The molecule has 3 aromatic rings. The van der Waals surface area contributed by atoms with E-state index in [0.29, 0.717) is 5.88 Å². The van der Waals surface area contributed by atoms with Gasteiger partial charge in [-0.2, -0.15) is 5.10 Å². The molecule has 0 saturated carbocycles. The molecule has 0 amide bonds. The number of nitrogens with one attached hydrogen (secondary N) is 2. The lowest BCUT2D eigenvalue weighted by Crippen LogP contribution is -2.40. The molecule has 4 rings (SSSR count). The number of benzene rings is 1. The smallest absolute Gasteiger partial charge is 0.237 e. The van der Waals surface area contributed by atoms with Crippen LogP contribution in [0.1, 0.15) is 5.56 Å². The van der Waals surface area contributed by atoms with E-state index in [1.807, 2.05) is 31.7 Å². The summed E-state index contributed by atoms with van der Waals surface area (Å²) < 4.78 is 8.94. The highest BCUT2D eigenvalue weighted by Gasteiger charge is 2.20. The Morgan fingerprint density at radius 1 is 1.30 bits per heavy atom. The molecule has 0 fully saturated rings. The SMILES string of the molecule is Cn1cc(-c2cnc3c(c2)NCC(CNCCc2cccc(Br)c2)O3)cn1. The quantitative estimate of drug-likeness (QED) is 0.591. The number of hydrogen-bond donors (Lipinski definition) is 2. The first-order valence-electron chi connectivity index (χ1n) is 9.02. The molecule has 1 atom stereocenters. The monoisotopic (exact) mass is 427 g/mol. The first kappa shape index (κ1) is 18.0. The van der Waals surface area contributed by atoms with Gasteiger partial charge in [0, 0.05) is 41.6 Å². The van der Waals surface area contributed by atoms with Gasteiger partial charge in [0.25, 0.3) is 0 Å². The standard InChI is InChI=1S/C20H22BrN5O/c1-26-13-16(10-25-26)15-8-19-20(24-9-15)27-18(12-23-19)11-22-6-5-14-3-2-4-17(21)7-14/h2-4,7-10,13,18,22-23H,5-6,11-12H2,1H3. The van der Waals surface area contributed by atoms with E-state index in [1.165, 1.54) is 5.56 Å². The molecule has 1 aromatic carbocycles. The summed E-state index contributed by atoms with van der Waals surface area (Å²) in [7, 11) is 1.91. The average molecular weight is 428 g/mol. The summed E-state index contributed by atoms with van der Waals surface area (Å²) in [5, 5.41) is 11.1. The van der Waals surface area contributed by atoms with Gasteiger partial charge in [-0.15, -0.1) is 0 Å². The van der Waals surface area contributed by atoms with Gasteiger partial charge in [-0.05, 0) is 36.7 Å². The average Bonchev–Trinajstić information content (AvgIpc) is 3.11. The lowest BCUT2D eigenvalue weighted by atomic mass is 10.1. The third-order valence-electron chi connectivity index (χ3n) is 4.54. The van der Waals surface area contributed by atoms with Crippen LogP contribution < -0.4 is 15.4 Å². The van der Waals surface area contributed by atoms with Crippen LogP contribution in [0, 0.1) is 0 Å². The van der Waals surface area contributed by atoms with Crippen molar-refractivity contribution in [2.45, 2.75) is 12.5 Å². The molecule has 0 radical (unpaired) electrons. The maximum absolute atomic E-state index is 6.03. The van der Waals surface area contributed by atoms with Gasteiger partial charge in [-0.1, -0.05) is 28.1 Å². The van der Waals surface area contributed by atoms with Crippen LogP contribution in [0.2, 0.25) is 0 Å². The van der Waals surface area contributed by atoms with Crippen LogP contribution in [-0.4, -0.2) is 40.5 Å². The normalized spacial score (nSPS) is 15.7. The Hall–Kier alpha value is -2.38. The molecule has 6 nitrogen and oxygen atoms in total.